The van der Waals surface area contributed by atoms with Crippen molar-refractivity contribution in [3.8, 4) is 0 Å². The molecule has 0 spiro atoms. The molecule has 1 atom stereocenters. The smallest absolute Gasteiger partial charge is 0.328 e. The highest BCUT2D eigenvalue weighted by atomic mass is 79.9. The van der Waals surface area contributed by atoms with Gasteiger partial charge in [-0.15, -0.1) is 0 Å². The number of hydrogen-bond acceptors (Lipinski definition) is 5. The summed E-state index contributed by atoms with van der Waals surface area (Å²) >= 11 is 3.34. The Kier molecular flexibility index (Phi) is 4.86. The number of nitrogens with two attached hydrogens (primary N) is 1. The van der Waals surface area contributed by atoms with E-state index in [4.69, 9.17) is 5.73 Å². The van der Waals surface area contributed by atoms with Gasteiger partial charge in [-0.1, -0.05) is 28.1 Å². The van der Waals surface area contributed by atoms with Crippen molar-refractivity contribution < 1.29 is 19.5 Å². The fourth-order valence-corrected chi connectivity index (χ4v) is 2.99. The topological polar surface area (TPSA) is 122 Å². The van der Waals surface area contributed by atoms with E-state index in [1.165, 1.54) is 13.1 Å². The lowest BCUT2D eigenvalue weighted by Gasteiger charge is -2.20. The number of carbonyl (C=O) groups excluding carboxylic acids is 2. The number of carbonyl (C=O) groups is 3. The van der Waals surface area contributed by atoms with E-state index in [2.05, 4.69) is 26.6 Å². The molecule has 27 heavy (non-hydrogen) atoms. The van der Waals surface area contributed by atoms with Crippen LogP contribution in [0.1, 0.15) is 28.4 Å². The first-order chi connectivity index (χ1) is 12.7. The Morgan fingerprint density at radius 1 is 1.15 bits per heavy atom. The summed E-state index contributed by atoms with van der Waals surface area (Å²) in [5.74, 6) is -2.08. The van der Waals surface area contributed by atoms with Crippen LogP contribution < -0.4 is 16.4 Å². The van der Waals surface area contributed by atoms with E-state index >= 15 is 0 Å². The molecule has 5 N–H and O–H groups in total. The molecule has 0 saturated carbocycles. The maximum absolute atomic E-state index is 12.2. The van der Waals surface area contributed by atoms with Gasteiger partial charge in [0.05, 0.1) is 5.57 Å². The average Bonchev–Trinajstić information content (AvgIpc) is 2.61. The maximum Gasteiger partial charge on any atom is 0.328 e. The first-order valence-electron chi connectivity index (χ1n) is 7.95. The van der Waals surface area contributed by atoms with Crippen molar-refractivity contribution in [2.24, 2.45) is 5.73 Å². The largest absolute Gasteiger partial charge is 0.480 e. The highest BCUT2D eigenvalue weighted by molar-refractivity contribution is 9.10. The predicted molar refractivity (Wildman–Crippen MR) is 104 cm³/mol. The van der Waals surface area contributed by atoms with E-state index < -0.39 is 23.3 Å². The van der Waals surface area contributed by atoms with Gasteiger partial charge in [0.2, 0.25) is 0 Å². The lowest BCUT2D eigenvalue weighted by atomic mass is 9.93. The van der Waals surface area contributed by atoms with Gasteiger partial charge in [0.1, 0.15) is 5.54 Å². The van der Waals surface area contributed by atoms with Gasteiger partial charge in [0, 0.05) is 27.5 Å². The second kappa shape index (κ2) is 6.98. The molecule has 1 heterocycles. The summed E-state index contributed by atoms with van der Waals surface area (Å²) < 4.78 is 0.745. The van der Waals surface area contributed by atoms with Crippen LogP contribution in [-0.2, 0) is 15.1 Å². The minimum Gasteiger partial charge on any atom is -0.480 e. The third-order valence-electron chi connectivity index (χ3n) is 4.30. The lowest BCUT2D eigenvalue weighted by molar-refractivity contribution is -0.143. The van der Waals surface area contributed by atoms with Gasteiger partial charge in [-0.05, 0) is 42.8 Å². The first kappa shape index (κ1) is 18.8. The van der Waals surface area contributed by atoms with Crippen molar-refractivity contribution in [3.63, 3.8) is 0 Å². The number of amides is 2. The Morgan fingerprint density at radius 3 is 2.44 bits per heavy atom. The highest BCUT2D eigenvalue weighted by Gasteiger charge is 2.30. The monoisotopic (exact) mass is 429 g/mol. The number of aliphatic carboxylic acids is 1. The van der Waals surface area contributed by atoms with Crippen LogP contribution in [0.4, 0.5) is 5.69 Å². The molecule has 0 radical (unpaired) electrons. The van der Waals surface area contributed by atoms with Gasteiger partial charge in [-0.25, -0.2) is 4.79 Å². The molecular weight excluding hydrogens is 414 g/mol. The molecular formula is C19H16BrN3O4. The van der Waals surface area contributed by atoms with Crippen LogP contribution in [-0.4, -0.2) is 22.9 Å². The van der Waals surface area contributed by atoms with Crippen molar-refractivity contribution in [3.05, 3.63) is 69.8 Å². The van der Waals surface area contributed by atoms with Gasteiger partial charge in [0.25, 0.3) is 11.8 Å². The van der Waals surface area contributed by atoms with E-state index in [1.807, 2.05) is 0 Å². The normalized spacial score (nSPS) is 17.1. The summed E-state index contributed by atoms with van der Waals surface area (Å²) in [6.07, 6.45) is 1.50. The van der Waals surface area contributed by atoms with Crippen LogP contribution in [0.3, 0.4) is 0 Å². The van der Waals surface area contributed by atoms with Crippen molar-refractivity contribution >= 4 is 45.0 Å². The van der Waals surface area contributed by atoms with E-state index in [9.17, 15) is 19.5 Å². The van der Waals surface area contributed by atoms with Gasteiger partial charge in [0.15, 0.2) is 0 Å². The van der Waals surface area contributed by atoms with Crippen LogP contribution in [0, 0.1) is 0 Å². The summed E-state index contributed by atoms with van der Waals surface area (Å²) in [6.45, 7) is 1.41. The average molecular weight is 430 g/mol. The lowest BCUT2D eigenvalue weighted by Crippen LogP contribution is -2.41. The zero-order valence-corrected chi connectivity index (χ0v) is 15.8. The fourth-order valence-electron chi connectivity index (χ4n) is 2.63. The molecule has 1 unspecified atom stereocenters. The number of nitrogens with one attached hydrogen (secondary N) is 2. The molecule has 1 aliphatic heterocycles. The first-order valence-corrected chi connectivity index (χ1v) is 8.74. The molecule has 0 fully saturated rings. The van der Waals surface area contributed by atoms with E-state index in [-0.39, 0.29) is 0 Å². The molecule has 3 rings (SSSR count). The Morgan fingerprint density at radius 2 is 1.81 bits per heavy atom. The minimum absolute atomic E-state index is 0.309. The van der Waals surface area contributed by atoms with Crippen molar-refractivity contribution in [2.75, 3.05) is 5.32 Å². The highest BCUT2D eigenvalue weighted by Crippen LogP contribution is 2.27. The van der Waals surface area contributed by atoms with Gasteiger partial charge in [-0.2, -0.15) is 0 Å². The molecule has 1 aliphatic rings. The Balaban J connectivity index is 1.89. The second-order valence-electron chi connectivity index (χ2n) is 6.26. The summed E-state index contributed by atoms with van der Waals surface area (Å²) in [7, 11) is 0. The molecule has 8 heteroatoms. The number of anilines is 1. The van der Waals surface area contributed by atoms with Crippen molar-refractivity contribution in [2.45, 2.75) is 12.5 Å². The number of fused-ring (bicyclic) bond motifs is 1. The molecule has 0 bridgehead atoms. The SMILES string of the molecule is CC(N)(C(=O)O)c1ccc(N/C=C2\C(=O)NC(=O)c3ccc(Br)cc32)cc1. The number of imide groups is 1. The van der Waals surface area contributed by atoms with Gasteiger partial charge < -0.3 is 16.2 Å². The van der Waals surface area contributed by atoms with Crippen LogP contribution in [0.15, 0.2) is 53.1 Å². The van der Waals surface area contributed by atoms with Crippen LogP contribution in [0.2, 0.25) is 0 Å². The summed E-state index contributed by atoms with van der Waals surface area (Å²) in [4.78, 5) is 35.4. The number of carboxylic acid groups (broad SMARTS) is 1. The molecule has 2 aromatic rings. The standard InChI is InChI=1S/C19H16BrN3O4/c1-19(21,18(26)27)10-2-5-12(6-3-10)22-9-15-14-8-11(20)4-7-13(14)16(24)23-17(15)25/h2-9,22H,21H2,1H3,(H,26,27)(H,23,24,25)/b15-9-. The summed E-state index contributed by atoms with van der Waals surface area (Å²) in [5.41, 5.74) is 6.62. The summed E-state index contributed by atoms with van der Waals surface area (Å²) in [5, 5.41) is 14.5. The van der Waals surface area contributed by atoms with Crippen LogP contribution in [0.25, 0.3) is 5.57 Å². The number of hydrogen-bond donors (Lipinski definition) is 4. The number of rotatable bonds is 4. The summed E-state index contributed by atoms with van der Waals surface area (Å²) in [6, 6.07) is 11.6. The van der Waals surface area contributed by atoms with E-state index in [0.717, 1.165) is 4.47 Å². The molecule has 0 aromatic heterocycles. The van der Waals surface area contributed by atoms with Crippen molar-refractivity contribution in [1.29, 1.82) is 0 Å². The van der Waals surface area contributed by atoms with Crippen LogP contribution >= 0.6 is 15.9 Å². The molecule has 2 aromatic carbocycles. The van der Waals surface area contributed by atoms with E-state index in [1.54, 1.807) is 42.5 Å². The zero-order chi connectivity index (χ0) is 19.8. The quantitative estimate of drug-likeness (QED) is 0.437. The third kappa shape index (κ3) is 3.62. The molecule has 0 saturated heterocycles. The Hall–Kier alpha value is -2.97. The minimum atomic E-state index is -1.49. The van der Waals surface area contributed by atoms with Crippen molar-refractivity contribution in [1.82, 2.24) is 5.32 Å². The molecule has 138 valence electrons. The van der Waals surface area contributed by atoms with Gasteiger partial charge in [-0.3, -0.25) is 14.9 Å². The number of benzene rings is 2. The maximum atomic E-state index is 12.2. The Bertz CT molecular complexity index is 981. The predicted octanol–water partition coefficient (Wildman–Crippen LogP) is 2.43. The Labute approximate surface area is 163 Å². The molecule has 2 amide bonds. The van der Waals surface area contributed by atoms with Gasteiger partial charge >= 0.3 is 5.97 Å². The van der Waals surface area contributed by atoms with Crippen LogP contribution in [0.5, 0.6) is 0 Å². The number of halogens is 1. The molecule has 7 nitrogen and oxygen atoms in total. The fraction of sp³-hybridized carbons (Fsp3) is 0.105. The molecule has 0 aliphatic carbocycles. The van der Waals surface area contributed by atoms with E-state index in [0.29, 0.717) is 28.0 Å². The second-order valence-corrected chi connectivity index (χ2v) is 7.18. The third-order valence-corrected chi connectivity index (χ3v) is 4.79. The zero-order valence-electron chi connectivity index (χ0n) is 14.2. The number of carboxylic acids is 1.